The highest BCUT2D eigenvalue weighted by Gasteiger charge is 2.37. The number of aliphatic carboxylic acids is 1. The van der Waals surface area contributed by atoms with Gasteiger partial charge in [-0.1, -0.05) is 12.1 Å². The van der Waals surface area contributed by atoms with Gasteiger partial charge in [0.05, 0.1) is 18.3 Å². The fourth-order valence-electron chi connectivity index (χ4n) is 2.31. The topological polar surface area (TPSA) is 78.9 Å². The molecular weight excluding hydrogens is 280 g/mol. The first-order valence-electron chi connectivity index (χ1n) is 6.28. The molecule has 2 atom stereocenters. The van der Waals surface area contributed by atoms with Crippen molar-refractivity contribution in [2.75, 3.05) is 23.1 Å². The number of anilines is 1. The Kier molecular flexibility index (Phi) is 3.54. The number of carbonyl (C=O) groups excluding carboxylic acids is 1. The molecule has 0 radical (unpaired) electrons. The fourth-order valence-corrected chi connectivity index (χ4v) is 3.25. The molecule has 2 unspecified atom stereocenters. The lowest BCUT2D eigenvalue weighted by atomic mass is 10.1. The zero-order valence-corrected chi connectivity index (χ0v) is 11.4. The molecule has 7 heteroatoms. The zero-order valence-electron chi connectivity index (χ0n) is 10.6. The van der Waals surface area contributed by atoms with Crippen LogP contribution in [0.3, 0.4) is 0 Å². The van der Waals surface area contributed by atoms with Crippen molar-refractivity contribution in [3.8, 4) is 5.75 Å². The molecule has 1 amide bonds. The molecule has 1 saturated heterocycles. The number of rotatable bonds is 2. The van der Waals surface area contributed by atoms with Crippen LogP contribution >= 0.6 is 11.8 Å². The average molecular weight is 294 g/mol. The lowest BCUT2D eigenvalue weighted by molar-refractivity contribution is -0.145. The van der Waals surface area contributed by atoms with Crippen LogP contribution in [0.5, 0.6) is 5.75 Å². The van der Waals surface area contributed by atoms with E-state index in [9.17, 15) is 9.59 Å². The molecule has 6 nitrogen and oxygen atoms in total. The van der Waals surface area contributed by atoms with E-state index < -0.39 is 12.1 Å². The van der Waals surface area contributed by atoms with Crippen molar-refractivity contribution in [3.05, 3.63) is 24.3 Å². The molecule has 106 valence electrons. The molecule has 2 N–H and O–H groups in total. The standard InChI is InChI=1S/C13H14N2O4S/c16-12(8-6-20-7-14-8)15-5-11(13(17)18)19-10-4-2-1-3-9(10)15/h1-4,8,11,14H,5-7H2,(H,17,18). The van der Waals surface area contributed by atoms with Gasteiger partial charge < -0.3 is 14.7 Å². The molecule has 0 saturated carbocycles. The summed E-state index contributed by atoms with van der Waals surface area (Å²) in [6.45, 7) is 0.0357. The van der Waals surface area contributed by atoms with Crippen LogP contribution in [0.15, 0.2) is 24.3 Å². The maximum Gasteiger partial charge on any atom is 0.346 e. The first-order valence-corrected chi connectivity index (χ1v) is 7.43. The number of nitrogens with zero attached hydrogens (tertiary/aromatic N) is 1. The van der Waals surface area contributed by atoms with Crippen LogP contribution in [0.4, 0.5) is 5.69 Å². The number of amides is 1. The first-order chi connectivity index (χ1) is 9.66. The van der Waals surface area contributed by atoms with Gasteiger partial charge in [-0.05, 0) is 12.1 Å². The van der Waals surface area contributed by atoms with Crippen molar-refractivity contribution < 1.29 is 19.4 Å². The molecule has 0 spiro atoms. The van der Waals surface area contributed by atoms with Gasteiger partial charge >= 0.3 is 5.97 Å². The van der Waals surface area contributed by atoms with Crippen LogP contribution < -0.4 is 15.0 Å². The number of carboxylic acid groups (broad SMARTS) is 1. The second kappa shape index (κ2) is 5.34. The van der Waals surface area contributed by atoms with Crippen LogP contribution in [0.2, 0.25) is 0 Å². The smallest absolute Gasteiger partial charge is 0.346 e. The number of fused-ring (bicyclic) bond motifs is 1. The Morgan fingerprint density at radius 2 is 2.20 bits per heavy atom. The van der Waals surface area contributed by atoms with E-state index in [0.717, 1.165) is 5.88 Å². The van der Waals surface area contributed by atoms with Crippen LogP contribution in [0.1, 0.15) is 0 Å². The second-order valence-corrected chi connectivity index (χ2v) is 5.66. The number of thioether (sulfide) groups is 1. The van der Waals surface area contributed by atoms with E-state index in [1.54, 1.807) is 36.0 Å². The molecule has 20 heavy (non-hydrogen) atoms. The normalized spacial score (nSPS) is 24.9. The number of ether oxygens (including phenoxy) is 1. The fraction of sp³-hybridized carbons (Fsp3) is 0.385. The van der Waals surface area contributed by atoms with Gasteiger partial charge in [-0.3, -0.25) is 10.1 Å². The van der Waals surface area contributed by atoms with Crippen molar-refractivity contribution in [2.45, 2.75) is 12.1 Å². The number of nitrogens with one attached hydrogen (secondary N) is 1. The van der Waals surface area contributed by atoms with E-state index in [0.29, 0.717) is 17.2 Å². The summed E-state index contributed by atoms with van der Waals surface area (Å²) >= 11 is 1.66. The average Bonchev–Trinajstić information content (AvgIpc) is 2.99. The number of carboxylic acids is 1. The van der Waals surface area contributed by atoms with E-state index in [4.69, 9.17) is 9.84 Å². The Bertz CT molecular complexity index is 545. The quantitative estimate of drug-likeness (QED) is 0.828. The van der Waals surface area contributed by atoms with Gasteiger partial charge in [-0.15, -0.1) is 11.8 Å². The highest BCUT2D eigenvalue weighted by atomic mass is 32.2. The largest absolute Gasteiger partial charge is 0.478 e. The predicted octanol–water partition coefficient (Wildman–Crippen LogP) is 0.528. The first kappa shape index (κ1) is 13.3. The number of carbonyl (C=O) groups is 2. The molecule has 1 aromatic rings. The summed E-state index contributed by atoms with van der Waals surface area (Å²) in [6.07, 6.45) is -1.03. The molecule has 0 aromatic heterocycles. The van der Waals surface area contributed by atoms with Crippen molar-refractivity contribution in [3.63, 3.8) is 0 Å². The Morgan fingerprint density at radius 1 is 1.40 bits per heavy atom. The maximum absolute atomic E-state index is 12.5. The van der Waals surface area contributed by atoms with Gasteiger partial charge in [-0.2, -0.15) is 0 Å². The van der Waals surface area contributed by atoms with Crippen LogP contribution in [0, 0.1) is 0 Å². The number of hydrogen-bond acceptors (Lipinski definition) is 5. The molecule has 2 aliphatic heterocycles. The molecular formula is C13H14N2O4S. The summed E-state index contributed by atoms with van der Waals surface area (Å²) in [4.78, 5) is 25.2. The molecule has 0 aliphatic carbocycles. The summed E-state index contributed by atoms with van der Waals surface area (Å²) in [7, 11) is 0. The Balaban J connectivity index is 1.91. The van der Waals surface area contributed by atoms with Crippen LogP contribution in [-0.2, 0) is 9.59 Å². The van der Waals surface area contributed by atoms with Crippen LogP contribution in [0.25, 0.3) is 0 Å². The van der Waals surface area contributed by atoms with Gasteiger partial charge in [-0.25, -0.2) is 4.79 Å². The maximum atomic E-state index is 12.5. The van der Waals surface area contributed by atoms with E-state index >= 15 is 0 Å². The van der Waals surface area contributed by atoms with E-state index in [1.807, 2.05) is 0 Å². The zero-order chi connectivity index (χ0) is 14.1. The Labute approximate surface area is 120 Å². The summed E-state index contributed by atoms with van der Waals surface area (Å²) in [5.74, 6) is 0.717. The summed E-state index contributed by atoms with van der Waals surface area (Å²) in [5, 5.41) is 12.3. The van der Waals surface area contributed by atoms with Gasteiger partial charge in [0.15, 0.2) is 0 Å². The molecule has 0 bridgehead atoms. The van der Waals surface area contributed by atoms with Gasteiger partial charge in [0, 0.05) is 11.6 Å². The van der Waals surface area contributed by atoms with Crippen molar-refractivity contribution >= 4 is 29.3 Å². The molecule has 2 aliphatic rings. The molecule has 1 aromatic carbocycles. The Hall–Kier alpha value is -1.73. The van der Waals surface area contributed by atoms with Crippen molar-refractivity contribution in [2.24, 2.45) is 0 Å². The minimum Gasteiger partial charge on any atom is -0.478 e. The lowest BCUT2D eigenvalue weighted by Crippen LogP contribution is -2.52. The molecule has 2 heterocycles. The molecule has 3 rings (SSSR count). The summed E-state index contributed by atoms with van der Waals surface area (Å²) in [6, 6.07) is 6.76. The van der Waals surface area contributed by atoms with E-state index in [2.05, 4.69) is 5.32 Å². The highest BCUT2D eigenvalue weighted by molar-refractivity contribution is 7.99. The monoisotopic (exact) mass is 294 g/mol. The third-order valence-corrected chi connectivity index (χ3v) is 4.27. The van der Waals surface area contributed by atoms with Crippen molar-refractivity contribution in [1.82, 2.24) is 5.32 Å². The summed E-state index contributed by atoms with van der Waals surface area (Å²) in [5.41, 5.74) is 0.633. The van der Waals surface area contributed by atoms with Gasteiger partial charge in [0.1, 0.15) is 5.75 Å². The predicted molar refractivity (Wildman–Crippen MR) is 75.1 cm³/mol. The number of para-hydroxylation sites is 2. The van der Waals surface area contributed by atoms with Crippen molar-refractivity contribution in [1.29, 1.82) is 0 Å². The third-order valence-electron chi connectivity index (χ3n) is 3.33. The van der Waals surface area contributed by atoms with Gasteiger partial charge in [0.2, 0.25) is 12.0 Å². The highest BCUT2D eigenvalue weighted by Crippen LogP contribution is 2.34. The number of hydrogen-bond donors (Lipinski definition) is 2. The van der Waals surface area contributed by atoms with E-state index in [1.165, 1.54) is 4.90 Å². The van der Waals surface area contributed by atoms with Gasteiger partial charge in [0.25, 0.3) is 0 Å². The minimum atomic E-state index is -1.06. The second-order valence-electron chi connectivity index (χ2n) is 4.63. The summed E-state index contributed by atoms with van der Waals surface area (Å²) < 4.78 is 5.42. The van der Waals surface area contributed by atoms with Crippen LogP contribution in [-0.4, -0.2) is 47.3 Å². The minimum absolute atomic E-state index is 0.0357. The lowest BCUT2D eigenvalue weighted by Gasteiger charge is -2.34. The number of benzene rings is 1. The van der Waals surface area contributed by atoms with E-state index in [-0.39, 0.29) is 18.5 Å². The SMILES string of the molecule is O=C(O)C1CN(C(=O)C2CSCN2)c2ccccc2O1. The molecule has 1 fully saturated rings. The Morgan fingerprint density at radius 3 is 2.90 bits per heavy atom. The third kappa shape index (κ3) is 2.34.